The van der Waals surface area contributed by atoms with Gasteiger partial charge in [0.15, 0.2) is 0 Å². The number of piperazine rings is 1. The van der Waals surface area contributed by atoms with Gasteiger partial charge in [0.2, 0.25) is 5.91 Å². The topological polar surface area (TPSA) is 53.6 Å². The average Bonchev–Trinajstić information content (AvgIpc) is 2.55. The number of amides is 1. The summed E-state index contributed by atoms with van der Waals surface area (Å²) < 4.78 is 45.1. The Kier molecular flexibility index (Phi) is 7.07. The lowest BCUT2D eigenvalue weighted by molar-refractivity contribution is -0.184. The van der Waals surface area contributed by atoms with Crippen LogP contribution >= 0.6 is 0 Å². The normalized spacial score (nSPS) is 17.1. The second-order valence-corrected chi connectivity index (χ2v) is 6.06. The highest BCUT2D eigenvalue weighted by atomic mass is 19.4. The van der Waals surface area contributed by atoms with Gasteiger partial charge in [-0.25, -0.2) is 0 Å². The molecule has 25 heavy (non-hydrogen) atoms. The summed E-state index contributed by atoms with van der Waals surface area (Å²) in [5.74, 6) is 0.193. The Bertz CT molecular complexity index is 560. The van der Waals surface area contributed by atoms with E-state index in [2.05, 4.69) is 10.6 Å². The Balaban J connectivity index is 1.76. The summed E-state index contributed by atoms with van der Waals surface area (Å²) in [5.41, 5.74) is 1.03. The van der Waals surface area contributed by atoms with E-state index in [0.29, 0.717) is 31.9 Å². The Hall–Kier alpha value is -1.80. The van der Waals surface area contributed by atoms with Crippen LogP contribution in [-0.4, -0.2) is 62.4 Å². The first-order valence-corrected chi connectivity index (χ1v) is 8.34. The summed E-state index contributed by atoms with van der Waals surface area (Å²) >= 11 is 0. The van der Waals surface area contributed by atoms with Gasteiger partial charge in [0.05, 0.1) is 13.0 Å². The van der Waals surface area contributed by atoms with E-state index in [-0.39, 0.29) is 13.0 Å². The van der Waals surface area contributed by atoms with Crippen molar-refractivity contribution in [1.29, 1.82) is 0 Å². The predicted octanol–water partition coefficient (Wildman–Crippen LogP) is 1.72. The summed E-state index contributed by atoms with van der Waals surface area (Å²) in [6, 6.07) is 5.71. The molecular weight excluding hydrogens is 335 g/mol. The molecule has 0 spiro atoms. The second kappa shape index (κ2) is 9.05. The van der Waals surface area contributed by atoms with Gasteiger partial charge in [-0.1, -0.05) is 12.1 Å². The van der Waals surface area contributed by atoms with Crippen LogP contribution in [0.25, 0.3) is 0 Å². The van der Waals surface area contributed by atoms with Gasteiger partial charge in [0.1, 0.15) is 11.8 Å². The summed E-state index contributed by atoms with van der Waals surface area (Å²) in [5, 5.41) is 5.40. The lowest BCUT2D eigenvalue weighted by Gasteiger charge is -2.35. The molecule has 2 rings (SSSR count). The van der Waals surface area contributed by atoms with Crippen molar-refractivity contribution in [1.82, 2.24) is 15.5 Å². The van der Waals surface area contributed by atoms with Gasteiger partial charge in [-0.3, -0.25) is 9.69 Å². The van der Waals surface area contributed by atoms with Gasteiger partial charge < -0.3 is 15.4 Å². The zero-order valence-electron chi connectivity index (χ0n) is 14.2. The molecule has 1 saturated heterocycles. The molecule has 1 aromatic carbocycles. The molecule has 0 aliphatic carbocycles. The summed E-state index contributed by atoms with van der Waals surface area (Å²) in [6.07, 6.45) is -4.36. The SMILES string of the molecule is Cc1cccc(OCCC(=O)NCC(N2CCNCC2)C(F)(F)F)c1. The maximum absolute atomic E-state index is 13.2. The molecule has 8 heteroatoms. The molecule has 1 aliphatic rings. The van der Waals surface area contributed by atoms with E-state index in [1.807, 2.05) is 25.1 Å². The van der Waals surface area contributed by atoms with Crippen LogP contribution in [0.3, 0.4) is 0 Å². The van der Waals surface area contributed by atoms with Crippen LogP contribution in [0.4, 0.5) is 13.2 Å². The lowest BCUT2D eigenvalue weighted by Crippen LogP contribution is -2.57. The molecule has 1 aromatic rings. The molecule has 1 fully saturated rings. The third kappa shape index (κ3) is 6.55. The van der Waals surface area contributed by atoms with Crippen LogP contribution in [0.1, 0.15) is 12.0 Å². The quantitative estimate of drug-likeness (QED) is 0.778. The van der Waals surface area contributed by atoms with Gasteiger partial charge in [-0.05, 0) is 24.6 Å². The van der Waals surface area contributed by atoms with E-state index in [0.717, 1.165) is 5.56 Å². The van der Waals surface area contributed by atoms with E-state index in [1.165, 1.54) is 4.90 Å². The van der Waals surface area contributed by atoms with Crippen molar-refractivity contribution in [2.75, 3.05) is 39.3 Å². The van der Waals surface area contributed by atoms with Gasteiger partial charge >= 0.3 is 6.18 Å². The van der Waals surface area contributed by atoms with Crippen molar-refractivity contribution in [3.8, 4) is 5.75 Å². The number of aryl methyl sites for hydroxylation is 1. The highest BCUT2D eigenvalue weighted by molar-refractivity contribution is 5.76. The van der Waals surface area contributed by atoms with Gasteiger partial charge in [-0.15, -0.1) is 0 Å². The number of alkyl halides is 3. The molecule has 0 bridgehead atoms. The molecule has 0 radical (unpaired) electrons. The largest absolute Gasteiger partial charge is 0.493 e. The number of ether oxygens (including phenoxy) is 1. The van der Waals surface area contributed by atoms with E-state index < -0.39 is 24.7 Å². The highest BCUT2D eigenvalue weighted by Gasteiger charge is 2.43. The Morgan fingerprint density at radius 3 is 2.72 bits per heavy atom. The van der Waals surface area contributed by atoms with Gasteiger partial charge in [0, 0.05) is 32.7 Å². The zero-order chi connectivity index (χ0) is 18.3. The fraction of sp³-hybridized carbons (Fsp3) is 0.588. The first kappa shape index (κ1) is 19.5. The fourth-order valence-electron chi connectivity index (χ4n) is 2.71. The number of hydrogen-bond acceptors (Lipinski definition) is 4. The molecule has 0 saturated carbocycles. The third-order valence-electron chi connectivity index (χ3n) is 4.05. The van der Waals surface area contributed by atoms with Gasteiger partial charge in [-0.2, -0.15) is 13.2 Å². The smallest absolute Gasteiger partial charge is 0.405 e. The zero-order valence-corrected chi connectivity index (χ0v) is 14.2. The highest BCUT2D eigenvalue weighted by Crippen LogP contribution is 2.24. The van der Waals surface area contributed by atoms with Crippen molar-refractivity contribution >= 4 is 5.91 Å². The Morgan fingerprint density at radius 2 is 2.08 bits per heavy atom. The molecule has 0 aromatic heterocycles. The number of nitrogens with zero attached hydrogens (tertiary/aromatic N) is 1. The fourth-order valence-corrected chi connectivity index (χ4v) is 2.71. The number of halogens is 3. The van der Waals surface area contributed by atoms with Crippen molar-refractivity contribution in [2.24, 2.45) is 0 Å². The Labute approximate surface area is 145 Å². The van der Waals surface area contributed by atoms with E-state index in [4.69, 9.17) is 4.74 Å². The summed E-state index contributed by atoms with van der Waals surface area (Å²) in [7, 11) is 0. The minimum atomic E-state index is -4.37. The molecule has 140 valence electrons. The monoisotopic (exact) mass is 359 g/mol. The molecule has 1 unspecified atom stereocenters. The van der Waals surface area contributed by atoms with Crippen LogP contribution < -0.4 is 15.4 Å². The van der Waals surface area contributed by atoms with Crippen molar-refractivity contribution in [3.05, 3.63) is 29.8 Å². The standard InChI is InChI=1S/C17H24F3N3O2/c1-13-3-2-4-14(11-13)25-10-5-16(24)22-12-15(17(18,19)20)23-8-6-21-7-9-23/h2-4,11,15,21H,5-10,12H2,1H3,(H,22,24). The second-order valence-electron chi connectivity index (χ2n) is 6.06. The molecule has 5 nitrogen and oxygen atoms in total. The van der Waals surface area contributed by atoms with Crippen LogP contribution in [0, 0.1) is 6.92 Å². The maximum Gasteiger partial charge on any atom is 0.405 e. The minimum absolute atomic E-state index is 0.0140. The maximum atomic E-state index is 13.2. The molecule has 1 aliphatic heterocycles. The molecule has 1 amide bonds. The summed E-state index contributed by atoms with van der Waals surface area (Å²) in [6.45, 7) is 3.28. The van der Waals surface area contributed by atoms with Crippen molar-refractivity contribution in [3.63, 3.8) is 0 Å². The minimum Gasteiger partial charge on any atom is -0.493 e. The lowest BCUT2D eigenvalue weighted by atomic mass is 10.2. The molecule has 1 heterocycles. The number of rotatable bonds is 7. The molecule has 2 N–H and O–H groups in total. The molecule has 1 atom stereocenters. The number of benzene rings is 1. The average molecular weight is 359 g/mol. The first-order valence-electron chi connectivity index (χ1n) is 8.34. The number of hydrogen-bond donors (Lipinski definition) is 2. The van der Waals surface area contributed by atoms with Gasteiger partial charge in [0.25, 0.3) is 0 Å². The van der Waals surface area contributed by atoms with E-state index >= 15 is 0 Å². The van der Waals surface area contributed by atoms with Crippen molar-refractivity contribution < 1.29 is 22.7 Å². The predicted molar refractivity (Wildman–Crippen MR) is 88.6 cm³/mol. The van der Waals surface area contributed by atoms with Crippen molar-refractivity contribution in [2.45, 2.75) is 25.6 Å². The van der Waals surface area contributed by atoms with Crippen LogP contribution in [-0.2, 0) is 4.79 Å². The van der Waals surface area contributed by atoms with Crippen LogP contribution in [0.5, 0.6) is 5.75 Å². The van der Waals surface area contributed by atoms with Crippen LogP contribution in [0.2, 0.25) is 0 Å². The first-order chi connectivity index (χ1) is 11.9. The number of carbonyl (C=O) groups is 1. The number of nitrogens with one attached hydrogen (secondary N) is 2. The Morgan fingerprint density at radius 1 is 1.36 bits per heavy atom. The van der Waals surface area contributed by atoms with E-state index in [9.17, 15) is 18.0 Å². The number of carbonyl (C=O) groups excluding carboxylic acids is 1. The third-order valence-corrected chi connectivity index (χ3v) is 4.05. The van der Waals surface area contributed by atoms with E-state index in [1.54, 1.807) is 6.07 Å². The van der Waals surface area contributed by atoms with Crippen LogP contribution in [0.15, 0.2) is 24.3 Å². The molecular formula is C17H24F3N3O2. The summed E-state index contributed by atoms with van der Waals surface area (Å²) in [4.78, 5) is 13.2.